The predicted molar refractivity (Wildman–Crippen MR) is 129 cm³/mol. The molecule has 2 aliphatic rings. The molecule has 0 unspecified atom stereocenters. The van der Waals surface area contributed by atoms with Gasteiger partial charge in [-0.05, 0) is 49.9 Å². The van der Waals surface area contributed by atoms with Crippen LogP contribution in [0, 0.1) is 17.0 Å². The molecule has 0 saturated carbocycles. The third kappa shape index (κ3) is 6.60. The summed E-state index contributed by atoms with van der Waals surface area (Å²) in [4.78, 5) is 23.5. The van der Waals surface area contributed by atoms with Crippen LogP contribution in [0.5, 0.6) is 0 Å². The number of amides is 1. The van der Waals surface area contributed by atoms with Crippen molar-refractivity contribution in [3.05, 3.63) is 58.6 Å². The molecule has 0 aliphatic carbocycles. The Morgan fingerprint density at radius 2 is 1.84 bits per heavy atom. The minimum absolute atomic E-state index is 0.0242. The topological polar surface area (TPSA) is 103 Å². The van der Waals surface area contributed by atoms with Crippen LogP contribution in [0.1, 0.15) is 38.7 Å². The van der Waals surface area contributed by atoms with Gasteiger partial charge in [-0.3, -0.25) is 15.1 Å². The van der Waals surface area contributed by atoms with Crippen molar-refractivity contribution in [2.75, 3.05) is 6.61 Å². The second-order valence-corrected chi connectivity index (χ2v) is 9.61. The van der Waals surface area contributed by atoms with Crippen molar-refractivity contribution in [3.63, 3.8) is 0 Å². The molecule has 3 N–H and O–H groups in total. The number of aliphatic carboxylic acids is 1. The summed E-state index contributed by atoms with van der Waals surface area (Å²) in [6.07, 6.45) is -3.60. The molecule has 4 rings (SSSR count). The number of nitrogens with one attached hydrogen (secondary N) is 2. The highest BCUT2D eigenvalue weighted by molar-refractivity contribution is 6.34. The molecule has 206 valence electrons. The second-order valence-electron chi connectivity index (χ2n) is 9.23. The normalized spacial score (nSPS) is 23.8. The molecule has 2 aromatic rings. The van der Waals surface area contributed by atoms with Crippen LogP contribution < -0.4 is 5.32 Å². The molecule has 2 saturated heterocycles. The van der Waals surface area contributed by atoms with Gasteiger partial charge in [0.05, 0.1) is 23.1 Å². The summed E-state index contributed by atoms with van der Waals surface area (Å²) in [5.41, 5.74) is 0.429. The Kier molecular flexibility index (Phi) is 8.67. The minimum Gasteiger partial charge on any atom is -0.475 e. The maximum absolute atomic E-state index is 13.7. The first-order valence-electron chi connectivity index (χ1n) is 11.5. The first-order valence-corrected chi connectivity index (χ1v) is 11.9. The van der Waals surface area contributed by atoms with Crippen molar-refractivity contribution in [2.24, 2.45) is 0 Å². The van der Waals surface area contributed by atoms with E-state index in [1.165, 1.54) is 17.0 Å². The van der Waals surface area contributed by atoms with Crippen molar-refractivity contribution < 1.29 is 41.4 Å². The van der Waals surface area contributed by atoms with Crippen LogP contribution in [0.15, 0.2) is 36.4 Å². The monoisotopic (exact) mass is 561 g/mol. The summed E-state index contributed by atoms with van der Waals surface area (Å²) in [5, 5.41) is 19.1. The van der Waals surface area contributed by atoms with Crippen LogP contribution in [0.2, 0.25) is 5.02 Å². The smallest absolute Gasteiger partial charge is 0.475 e. The fourth-order valence-electron chi connectivity index (χ4n) is 4.53. The molecular formula is C25H25ClF5N3O4. The summed E-state index contributed by atoms with van der Waals surface area (Å²) in [7, 11) is 0. The quantitative estimate of drug-likeness (QED) is 0.432. The predicted octanol–water partition coefficient (Wildman–Crippen LogP) is 5.46. The molecule has 2 heterocycles. The molecule has 13 heteroatoms. The average molecular weight is 562 g/mol. The van der Waals surface area contributed by atoms with Gasteiger partial charge in [-0.1, -0.05) is 29.8 Å². The zero-order chi connectivity index (χ0) is 28.4. The molecular weight excluding hydrogens is 537 g/mol. The Morgan fingerprint density at radius 1 is 1.24 bits per heavy atom. The number of alkyl halides is 3. The number of hydrogen-bond acceptors (Lipinski definition) is 4. The van der Waals surface area contributed by atoms with Gasteiger partial charge in [0, 0.05) is 24.3 Å². The zero-order valence-electron chi connectivity index (χ0n) is 20.3. The second kappa shape index (κ2) is 11.2. The number of carbonyl (C=O) groups is 2. The molecule has 2 aliphatic heterocycles. The van der Waals surface area contributed by atoms with E-state index in [9.17, 15) is 26.7 Å². The van der Waals surface area contributed by atoms with Crippen LogP contribution in [0.25, 0.3) is 11.1 Å². The Bertz CT molecular complexity index is 1200. The third-order valence-electron chi connectivity index (χ3n) is 6.24. The summed E-state index contributed by atoms with van der Waals surface area (Å²) in [6.45, 7) is 4.32. The zero-order valence-corrected chi connectivity index (χ0v) is 21.1. The Labute approximate surface area is 220 Å². The fourth-order valence-corrected chi connectivity index (χ4v) is 4.97. The van der Waals surface area contributed by atoms with E-state index in [4.69, 9.17) is 31.6 Å². The van der Waals surface area contributed by atoms with E-state index < -0.39 is 29.3 Å². The van der Waals surface area contributed by atoms with E-state index >= 15 is 0 Å². The highest BCUT2D eigenvalue weighted by Gasteiger charge is 2.44. The van der Waals surface area contributed by atoms with Gasteiger partial charge in [0.15, 0.2) is 5.96 Å². The lowest BCUT2D eigenvalue weighted by molar-refractivity contribution is -0.192. The Morgan fingerprint density at radius 3 is 2.37 bits per heavy atom. The van der Waals surface area contributed by atoms with Crippen LogP contribution in [-0.4, -0.2) is 52.8 Å². The van der Waals surface area contributed by atoms with Crippen LogP contribution in [0.3, 0.4) is 0 Å². The van der Waals surface area contributed by atoms with Crippen molar-refractivity contribution in [2.45, 2.75) is 57.0 Å². The van der Waals surface area contributed by atoms with Gasteiger partial charge < -0.3 is 15.2 Å². The average Bonchev–Trinajstić information content (AvgIpc) is 2.77. The van der Waals surface area contributed by atoms with Crippen molar-refractivity contribution >= 4 is 29.4 Å². The first kappa shape index (κ1) is 29.3. The number of carbonyl (C=O) groups excluding carboxylic acids is 1. The van der Waals surface area contributed by atoms with Crippen LogP contribution in [-0.2, 0) is 19.9 Å². The molecule has 38 heavy (non-hydrogen) atoms. The van der Waals surface area contributed by atoms with E-state index in [0.717, 1.165) is 6.07 Å². The fraction of sp³-hybridized carbons (Fsp3) is 0.400. The molecule has 1 amide bonds. The lowest BCUT2D eigenvalue weighted by Crippen LogP contribution is -2.63. The summed E-state index contributed by atoms with van der Waals surface area (Å²) in [6, 6.07) is 8.32. The van der Waals surface area contributed by atoms with Crippen LogP contribution in [0.4, 0.5) is 22.0 Å². The standard InChI is InChI=1S/C23H24ClF2N3O2.C2HF3O2/c1-13-8-17(6-7-31-13)29-20(30)12-23(2,28-22(29)27)19-5-3-4-18(21(19)24)14-9-15(25)11-16(26)10-14;3-2(4,5)1(6)7/h3-5,9-11,13,17H,6-8,12H2,1-2H3,(H2,27,28);(H,6,7)/t13-,17-,23-;/m0./s1. The lowest BCUT2D eigenvalue weighted by atomic mass is 9.84. The molecule has 3 atom stereocenters. The van der Waals surface area contributed by atoms with Crippen LogP contribution >= 0.6 is 11.6 Å². The number of rotatable bonds is 3. The number of carboxylic acid groups (broad SMARTS) is 1. The molecule has 2 fully saturated rings. The van der Waals surface area contributed by atoms with Gasteiger partial charge in [0.2, 0.25) is 5.91 Å². The van der Waals surface area contributed by atoms with E-state index in [1.54, 1.807) is 25.1 Å². The summed E-state index contributed by atoms with van der Waals surface area (Å²) >= 11 is 6.67. The van der Waals surface area contributed by atoms with Gasteiger partial charge in [-0.15, -0.1) is 0 Å². The van der Waals surface area contributed by atoms with Crippen molar-refractivity contribution in [1.82, 2.24) is 10.2 Å². The molecule has 2 aromatic carbocycles. The van der Waals surface area contributed by atoms with E-state index in [0.29, 0.717) is 36.1 Å². The van der Waals surface area contributed by atoms with Crippen molar-refractivity contribution in [3.8, 4) is 11.1 Å². The van der Waals surface area contributed by atoms with E-state index in [-0.39, 0.29) is 35.5 Å². The number of guanidine groups is 1. The van der Waals surface area contributed by atoms with Gasteiger partial charge in [0.25, 0.3) is 0 Å². The number of ether oxygens (including phenoxy) is 1. The maximum Gasteiger partial charge on any atom is 0.490 e. The largest absolute Gasteiger partial charge is 0.490 e. The summed E-state index contributed by atoms with van der Waals surface area (Å²) in [5.74, 6) is -4.29. The van der Waals surface area contributed by atoms with E-state index in [1.807, 2.05) is 6.92 Å². The minimum atomic E-state index is -5.08. The molecule has 0 spiro atoms. The van der Waals surface area contributed by atoms with Gasteiger partial charge in [-0.25, -0.2) is 13.6 Å². The number of hydrogen-bond donors (Lipinski definition) is 3. The lowest BCUT2D eigenvalue weighted by Gasteiger charge is -2.45. The number of halogens is 6. The number of nitrogens with zero attached hydrogens (tertiary/aromatic N) is 1. The Hall–Kier alpha value is -3.25. The molecule has 7 nitrogen and oxygen atoms in total. The highest BCUT2D eigenvalue weighted by atomic mass is 35.5. The highest BCUT2D eigenvalue weighted by Crippen LogP contribution is 2.40. The molecule has 0 aromatic heterocycles. The molecule has 0 radical (unpaired) electrons. The van der Waals surface area contributed by atoms with Gasteiger partial charge in [0.1, 0.15) is 11.6 Å². The van der Waals surface area contributed by atoms with Gasteiger partial charge in [-0.2, -0.15) is 13.2 Å². The van der Waals surface area contributed by atoms with Crippen molar-refractivity contribution in [1.29, 1.82) is 5.41 Å². The molecule has 0 bridgehead atoms. The third-order valence-corrected chi connectivity index (χ3v) is 6.65. The van der Waals surface area contributed by atoms with E-state index in [2.05, 4.69) is 5.32 Å². The number of benzene rings is 2. The number of carboxylic acids is 1. The first-order chi connectivity index (χ1) is 17.6. The SMILES string of the molecule is C[C@H]1C[C@@H](N2C(=N)N[C@](C)(c3cccc(-c4cc(F)cc(F)c4)c3Cl)CC2=O)CCO1.O=C(O)C(F)(F)F. The Balaban J connectivity index is 0.000000505. The van der Waals surface area contributed by atoms with Gasteiger partial charge >= 0.3 is 12.1 Å². The summed E-state index contributed by atoms with van der Waals surface area (Å²) < 4.78 is 64.8. The maximum atomic E-state index is 13.7.